The molecule has 2 saturated heterocycles. The minimum Gasteiger partial charge on any atom is -0.338 e. The zero-order chi connectivity index (χ0) is 18.5. The highest BCUT2D eigenvalue weighted by Gasteiger charge is 2.38. The van der Waals surface area contributed by atoms with E-state index in [1.54, 1.807) is 17.5 Å². The minimum atomic E-state index is 0.109. The van der Waals surface area contributed by atoms with E-state index < -0.39 is 0 Å². The molecule has 1 amide bonds. The molecule has 0 bridgehead atoms. The largest absolute Gasteiger partial charge is 0.338 e. The molecule has 0 aliphatic carbocycles. The Balaban J connectivity index is 1.61. The second-order valence-corrected chi connectivity index (χ2v) is 8.79. The number of thiophene rings is 1. The molecular weight excluding hydrogens is 358 g/mol. The van der Waals surface area contributed by atoms with Gasteiger partial charge in [0.1, 0.15) is 0 Å². The molecule has 0 saturated carbocycles. The van der Waals surface area contributed by atoms with E-state index in [-0.39, 0.29) is 11.9 Å². The predicted octanol–water partition coefficient (Wildman–Crippen LogP) is 3.03. The van der Waals surface area contributed by atoms with Crippen LogP contribution >= 0.6 is 11.3 Å². The van der Waals surface area contributed by atoms with Gasteiger partial charge in [-0.3, -0.25) is 4.79 Å². The van der Waals surface area contributed by atoms with Crippen LogP contribution in [-0.4, -0.2) is 51.8 Å². The molecule has 2 aliphatic heterocycles. The Labute approximate surface area is 162 Å². The van der Waals surface area contributed by atoms with E-state index in [0.717, 1.165) is 53.3 Å². The lowest BCUT2D eigenvalue weighted by Gasteiger charge is -2.18. The molecular formula is C20H23N5OS. The number of hydrogen-bond donors (Lipinski definition) is 1. The summed E-state index contributed by atoms with van der Waals surface area (Å²) < 4.78 is 1.91. The van der Waals surface area contributed by atoms with Crippen molar-refractivity contribution in [3.05, 3.63) is 35.3 Å². The summed E-state index contributed by atoms with van der Waals surface area (Å²) in [6.07, 6.45) is 1.80. The number of fused-ring (bicyclic) bond motifs is 2. The van der Waals surface area contributed by atoms with Crippen molar-refractivity contribution in [1.82, 2.24) is 25.0 Å². The Bertz CT molecular complexity index is 981. The van der Waals surface area contributed by atoms with Gasteiger partial charge in [-0.1, -0.05) is 6.07 Å². The van der Waals surface area contributed by atoms with Crippen LogP contribution in [-0.2, 0) is 0 Å². The Morgan fingerprint density at radius 1 is 1.30 bits per heavy atom. The van der Waals surface area contributed by atoms with Crippen LogP contribution in [0.25, 0.3) is 21.6 Å². The molecule has 27 heavy (non-hydrogen) atoms. The monoisotopic (exact) mass is 381 g/mol. The summed E-state index contributed by atoms with van der Waals surface area (Å²) in [5, 5.41) is 10.8. The van der Waals surface area contributed by atoms with Crippen LogP contribution in [0.15, 0.2) is 29.8 Å². The highest BCUT2D eigenvalue weighted by Crippen LogP contribution is 2.32. The number of hydrogen-bond acceptors (Lipinski definition) is 5. The van der Waals surface area contributed by atoms with Gasteiger partial charge in [0.25, 0.3) is 5.91 Å². The van der Waals surface area contributed by atoms with Crippen molar-refractivity contribution >= 4 is 28.3 Å². The van der Waals surface area contributed by atoms with Gasteiger partial charge >= 0.3 is 0 Å². The minimum absolute atomic E-state index is 0.109. The number of nitrogens with one attached hydrogen (secondary N) is 1. The Morgan fingerprint density at radius 3 is 2.74 bits per heavy atom. The predicted molar refractivity (Wildman–Crippen MR) is 107 cm³/mol. The third-order valence-corrected chi connectivity index (χ3v) is 6.63. The van der Waals surface area contributed by atoms with Crippen LogP contribution in [0.4, 0.5) is 0 Å². The average Bonchev–Trinajstić information content (AvgIpc) is 3.42. The summed E-state index contributed by atoms with van der Waals surface area (Å²) in [5.41, 5.74) is 2.37. The van der Waals surface area contributed by atoms with Crippen molar-refractivity contribution in [1.29, 1.82) is 0 Å². The molecule has 3 aromatic heterocycles. The van der Waals surface area contributed by atoms with Gasteiger partial charge < -0.3 is 10.2 Å². The highest BCUT2D eigenvalue weighted by molar-refractivity contribution is 7.13. The molecule has 0 unspecified atom stereocenters. The lowest BCUT2D eigenvalue weighted by atomic mass is 10.0. The van der Waals surface area contributed by atoms with Crippen molar-refractivity contribution in [2.45, 2.75) is 19.9 Å². The number of carbonyl (C=O) groups excluding carboxylic acids is 1. The van der Waals surface area contributed by atoms with Crippen molar-refractivity contribution in [3.63, 3.8) is 0 Å². The molecule has 140 valence electrons. The van der Waals surface area contributed by atoms with Crippen molar-refractivity contribution in [2.75, 3.05) is 26.2 Å². The molecule has 5 rings (SSSR count). The molecule has 3 aromatic rings. The maximum atomic E-state index is 13.4. The second-order valence-electron chi connectivity index (χ2n) is 7.84. The Hall–Kier alpha value is -2.25. The second kappa shape index (κ2) is 6.42. The zero-order valence-electron chi connectivity index (χ0n) is 15.6. The Kier molecular flexibility index (Phi) is 4.02. The molecule has 7 heteroatoms. The number of pyridine rings is 1. The molecule has 6 nitrogen and oxygen atoms in total. The van der Waals surface area contributed by atoms with Crippen LogP contribution in [0.5, 0.6) is 0 Å². The van der Waals surface area contributed by atoms with Gasteiger partial charge in [-0.05, 0) is 43.2 Å². The van der Waals surface area contributed by atoms with E-state index in [9.17, 15) is 4.79 Å². The fourth-order valence-electron chi connectivity index (χ4n) is 4.31. The van der Waals surface area contributed by atoms with E-state index in [2.05, 4.69) is 30.3 Å². The van der Waals surface area contributed by atoms with Gasteiger partial charge in [0.2, 0.25) is 0 Å². The van der Waals surface area contributed by atoms with Gasteiger partial charge in [0.05, 0.1) is 27.7 Å². The SMILES string of the molecule is CC(C)n1ncc2c(C(=O)N3C[C@H]4CNC[C@H]4C3)cc(-c3cccs3)nc21. The first-order valence-corrected chi connectivity index (χ1v) is 10.4. The van der Waals surface area contributed by atoms with Gasteiger partial charge in [-0.2, -0.15) is 5.10 Å². The molecule has 5 heterocycles. The third kappa shape index (κ3) is 2.76. The van der Waals surface area contributed by atoms with Crippen LogP contribution in [0.3, 0.4) is 0 Å². The van der Waals surface area contributed by atoms with Gasteiger partial charge in [-0.15, -0.1) is 11.3 Å². The van der Waals surface area contributed by atoms with Crippen LogP contribution in [0, 0.1) is 11.8 Å². The van der Waals surface area contributed by atoms with Crippen molar-refractivity contribution in [2.24, 2.45) is 11.8 Å². The first kappa shape index (κ1) is 16.9. The Morgan fingerprint density at radius 2 is 2.07 bits per heavy atom. The van der Waals surface area contributed by atoms with Crippen molar-refractivity contribution < 1.29 is 4.79 Å². The summed E-state index contributed by atoms with van der Waals surface area (Å²) in [7, 11) is 0. The van der Waals surface area contributed by atoms with E-state index in [4.69, 9.17) is 4.98 Å². The summed E-state index contributed by atoms with van der Waals surface area (Å²) in [5.74, 6) is 1.28. The fourth-order valence-corrected chi connectivity index (χ4v) is 5.00. The topological polar surface area (TPSA) is 63.1 Å². The van der Waals surface area contributed by atoms with E-state index in [0.29, 0.717) is 11.8 Å². The van der Waals surface area contributed by atoms with E-state index in [1.165, 1.54) is 0 Å². The lowest BCUT2D eigenvalue weighted by Crippen LogP contribution is -2.32. The number of rotatable bonds is 3. The molecule has 0 aromatic carbocycles. The normalized spacial score (nSPS) is 22.1. The molecule has 2 atom stereocenters. The standard InChI is InChI=1S/C20H23N5OS/c1-12(2)25-19-16(9-22-25)15(6-17(23-19)18-4-3-5-27-18)20(26)24-10-13-7-21-8-14(13)11-24/h3-6,9,12-14,21H,7-8,10-11H2,1-2H3/t13-,14+. The number of amides is 1. The maximum Gasteiger partial charge on any atom is 0.254 e. The van der Waals surface area contributed by atoms with Gasteiger partial charge in [-0.25, -0.2) is 9.67 Å². The zero-order valence-corrected chi connectivity index (χ0v) is 16.4. The van der Waals surface area contributed by atoms with Crippen LogP contribution in [0.1, 0.15) is 30.2 Å². The van der Waals surface area contributed by atoms with Crippen LogP contribution < -0.4 is 5.32 Å². The summed E-state index contributed by atoms with van der Waals surface area (Å²) in [6.45, 7) is 7.89. The molecule has 1 N–H and O–H groups in total. The van der Waals surface area contributed by atoms with Crippen molar-refractivity contribution in [3.8, 4) is 10.6 Å². The number of carbonyl (C=O) groups is 1. The molecule has 2 aliphatic rings. The number of nitrogens with zero attached hydrogens (tertiary/aromatic N) is 4. The quantitative estimate of drug-likeness (QED) is 0.757. The average molecular weight is 382 g/mol. The lowest BCUT2D eigenvalue weighted by molar-refractivity contribution is 0.0783. The summed E-state index contributed by atoms with van der Waals surface area (Å²) in [6, 6.07) is 6.21. The first-order chi connectivity index (χ1) is 13.1. The van der Waals surface area contributed by atoms with E-state index >= 15 is 0 Å². The molecule has 0 radical (unpaired) electrons. The maximum absolute atomic E-state index is 13.4. The smallest absolute Gasteiger partial charge is 0.254 e. The van der Waals surface area contributed by atoms with Crippen LogP contribution in [0.2, 0.25) is 0 Å². The van der Waals surface area contributed by atoms with E-state index in [1.807, 2.05) is 27.1 Å². The summed E-state index contributed by atoms with van der Waals surface area (Å²) in [4.78, 5) is 21.4. The fraction of sp³-hybridized carbons (Fsp3) is 0.450. The molecule has 0 spiro atoms. The first-order valence-electron chi connectivity index (χ1n) is 9.54. The number of aromatic nitrogens is 3. The van der Waals surface area contributed by atoms with Gasteiger partial charge in [0.15, 0.2) is 5.65 Å². The van der Waals surface area contributed by atoms with Gasteiger partial charge in [0, 0.05) is 32.2 Å². The molecule has 2 fully saturated rings. The summed E-state index contributed by atoms with van der Waals surface area (Å²) >= 11 is 1.64. The highest BCUT2D eigenvalue weighted by atomic mass is 32.1. The number of likely N-dealkylation sites (tertiary alicyclic amines) is 1. The third-order valence-electron chi connectivity index (χ3n) is 5.74.